The van der Waals surface area contributed by atoms with Gasteiger partial charge in [0.25, 0.3) is 0 Å². The van der Waals surface area contributed by atoms with Gasteiger partial charge in [-0.2, -0.15) is 0 Å². The molecule has 0 aromatic rings. The average molecular weight is 272 g/mol. The molecule has 0 heterocycles. The molecule has 0 fully saturated rings. The molecule has 0 bridgehead atoms. The predicted octanol–water partition coefficient (Wildman–Crippen LogP) is 2.91. The Balaban J connectivity index is 0. The number of hydrogen-bond acceptors (Lipinski definition) is 2. The topological polar surface area (TPSA) is 26.3 Å². The minimum atomic E-state index is -0.265. The first-order valence-electron chi connectivity index (χ1n) is 4.04. The van der Waals surface area contributed by atoms with Crippen molar-refractivity contribution in [2.24, 2.45) is 0 Å². The van der Waals surface area contributed by atoms with Crippen LogP contribution in [0.5, 0.6) is 0 Å². The SMILES string of the molecule is CC(=O)OCCCCCC(Cl)Cl.[Ni]. The Kier molecular flexibility index (Phi) is 13.1. The summed E-state index contributed by atoms with van der Waals surface area (Å²) in [6, 6.07) is 0. The maximum Gasteiger partial charge on any atom is 0.302 e. The maximum absolute atomic E-state index is 10.3. The van der Waals surface area contributed by atoms with E-state index in [0.717, 1.165) is 25.7 Å². The van der Waals surface area contributed by atoms with E-state index in [-0.39, 0.29) is 27.3 Å². The Labute approximate surface area is 99.2 Å². The van der Waals surface area contributed by atoms with Crippen LogP contribution in [0.3, 0.4) is 0 Å². The summed E-state index contributed by atoms with van der Waals surface area (Å²) >= 11 is 11.0. The van der Waals surface area contributed by atoms with Gasteiger partial charge in [0.2, 0.25) is 0 Å². The third kappa shape index (κ3) is 15.3. The van der Waals surface area contributed by atoms with Crippen LogP contribution in [0.4, 0.5) is 0 Å². The van der Waals surface area contributed by atoms with Gasteiger partial charge in [-0.25, -0.2) is 0 Å². The van der Waals surface area contributed by atoms with Gasteiger partial charge in [0.1, 0.15) is 4.84 Å². The van der Waals surface area contributed by atoms with Crippen molar-refractivity contribution in [2.75, 3.05) is 6.61 Å². The average Bonchev–Trinajstić information content (AvgIpc) is 1.95. The van der Waals surface area contributed by atoms with Gasteiger partial charge >= 0.3 is 5.97 Å². The summed E-state index contributed by atoms with van der Waals surface area (Å²) in [5.41, 5.74) is 0. The molecular formula is C8H14Cl2NiO2. The minimum Gasteiger partial charge on any atom is -0.466 e. The first kappa shape index (κ1) is 16.0. The van der Waals surface area contributed by atoms with Gasteiger partial charge in [0.05, 0.1) is 6.61 Å². The number of alkyl halides is 2. The number of rotatable bonds is 6. The molecule has 0 saturated heterocycles. The van der Waals surface area contributed by atoms with Gasteiger partial charge in [-0.1, -0.05) is 6.42 Å². The van der Waals surface area contributed by atoms with E-state index in [4.69, 9.17) is 27.9 Å². The van der Waals surface area contributed by atoms with Gasteiger partial charge in [0.15, 0.2) is 0 Å². The van der Waals surface area contributed by atoms with Gasteiger partial charge in [-0.05, 0) is 19.3 Å². The second kappa shape index (κ2) is 10.6. The normalized spacial score (nSPS) is 9.54. The quantitative estimate of drug-likeness (QED) is 0.321. The van der Waals surface area contributed by atoms with Crippen LogP contribution in [0.15, 0.2) is 0 Å². The van der Waals surface area contributed by atoms with Crippen molar-refractivity contribution >= 4 is 29.2 Å². The molecule has 0 aromatic heterocycles. The van der Waals surface area contributed by atoms with Crippen molar-refractivity contribution in [3.8, 4) is 0 Å². The zero-order chi connectivity index (χ0) is 9.40. The standard InChI is InChI=1S/C8H14Cl2O2.Ni/c1-7(11)12-6-4-2-3-5-8(9)10;/h8H,2-6H2,1H3;. The molecule has 0 N–H and O–H groups in total. The summed E-state index contributed by atoms with van der Waals surface area (Å²) in [6.45, 7) is 1.91. The molecule has 0 aliphatic rings. The van der Waals surface area contributed by atoms with Crippen LogP contribution >= 0.6 is 23.2 Å². The van der Waals surface area contributed by atoms with Gasteiger partial charge in [-0.15, -0.1) is 23.2 Å². The third-order valence-corrected chi connectivity index (χ3v) is 1.81. The number of esters is 1. The van der Waals surface area contributed by atoms with Crippen LogP contribution in [0, 0.1) is 0 Å². The van der Waals surface area contributed by atoms with Gasteiger partial charge in [-0.3, -0.25) is 4.79 Å². The molecule has 0 aliphatic carbocycles. The number of halogens is 2. The molecule has 0 unspecified atom stereocenters. The molecule has 0 amide bonds. The smallest absolute Gasteiger partial charge is 0.302 e. The largest absolute Gasteiger partial charge is 0.466 e. The molecule has 2 nitrogen and oxygen atoms in total. The Morgan fingerprint density at radius 2 is 1.92 bits per heavy atom. The van der Waals surface area contributed by atoms with Crippen molar-refractivity contribution in [1.29, 1.82) is 0 Å². The number of unbranched alkanes of at least 4 members (excludes halogenated alkanes) is 2. The molecule has 13 heavy (non-hydrogen) atoms. The molecule has 82 valence electrons. The maximum atomic E-state index is 10.3. The van der Waals surface area contributed by atoms with Crippen molar-refractivity contribution in [2.45, 2.75) is 37.4 Å². The predicted molar refractivity (Wildman–Crippen MR) is 50.6 cm³/mol. The van der Waals surface area contributed by atoms with E-state index in [1.54, 1.807) is 0 Å². The van der Waals surface area contributed by atoms with E-state index in [0.29, 0.717) is 6.61 Å². The van der Waals surface area contributed by atoms with Crippen LogP contribution < -0.4 is 0 Å². The van der Waals surface area contributed by atoms with Gasteiger partial charge in [0, 0.05) is 23.4 Å². The Bertz CT molecular complexity index is 131. The van der Waals surface area contributed by atoms with Gasteiger partial charge < -0.3 is 4.74 Å². The summed E-state index contributed by atoms with van der Waals surface area (Å²) < 4.78 is 4.74. The van der Waals surface area contributed by atoms with Crippen LogP contribution in [-0.2, 0) is 26.0 Å². The first-order chi connectivity index (χ1) is 5.63. The monoisotopic (exact) mass is 270 g/mol. The molecule has 0 aliphatic heterocycles. The molecule has 0 radical (unpaired) electrons. The molecule has 0 saturated carbocycles. The molecular weight excluding hydrogens is 258 g/mol. The Hall–Kier alpha value is 0.544. The third-order valence-electron chi connectivity index (χ3n) is 1.37. The van der Waals surface area contributed by atoms with Crippen LogP contribution in [0.1, 0.15) is 32.6 Å². The second-order valence-corrected chi connectivity index (χ2v) is 3.86. The van der Waals surface area contributed by atoms with E-state index in [2.05, 4.69) is 0 Å². The molecule has 0 aromatic carbocycles. The van der Waals surface area contributed by atoms with Crippen molar-refractivity contribution in [1.82, 2.24) is 0 Å². The molecule has 0 atom stereocenters. The fourth-order valence-electron chi connectivity index (χ4n) is 0.793. The van der Waals surface area contributed by atoms with E-state index in [9.17, 15) is 4.79 Å². The van der Waals surface area contributed by atoms with Crippen molar-refractivity contribution < 1.29 is 26.0 Å². The number of ether oxygens (including phenoxy) is 1. The summed E-state index contributed by atoms with van der Waals surface area (Å²) in [7, 11) is 0. The summed E-state index contributed by atoms with van der Waals surface area (Å²) in [5.74, 6) is -0.220. The molecule has 0 rings (SSSR count). The number of hydrogen-bond donors (Lipinski definition) is 0. The number of carbonyl (C=O) groups is 1. The summed E-state index contributed by atoms with van der Waals surface area (Å²) in [4.78, 5) is 10.1. The molecule has 5 heteroatoms. The van der Waals surface area contributed by atoms with E-state index in [1.165, 1.54) is 6.92 Å². The van der Waals surface area contributed by atoms with E-state index >= 15 is 0 Å². The summed E-state index contributed by atoms with van der Waals surface area (Å²) in [5, 5.41) is 0. The fraction of sp³-hybridized carbons (Fsp3) is 0.875. The van der Waals surface area contributed by atoms with Crippen LogP contribution in [0.25, 0.3) is 0 Å². The second-order valence-electron chi connectivity index (χ2n) is 2.58. The van der Waals surface area contributed by atoms with Crippen molar-refractivity contribution in [3.05, 3.63) is 0 Å². The number of carbonyl (C=O) groups excluding carboxylic acids is 1. The van der Waals surface area contributed by atoms with Crippen molar-refractivity contribution in [3.63, 3.8) is 0 Å². The zero-order valence-electron chi connectivity index (χ0n) is 7.50. The first-order valence-corrected chi connectivity index (χ1v) is 4.91. The fourth-order valence-corrected chi connectivity index (χ4v) is 1.10. The van der Waals surface area contributed by atoms with Crippen LogP contribution in [-0.4, -0.2) is 17.4 Å². The zero-order valence-corrected chi connectivity index (χ0v) is 10.0. The van der Waals surface area contributed by atoms with Crippen LogP contribution in [0.2, 0.25) is 0 Å². The molecule has 0 spiro atoms. The summed E-state index contributed by atoms with van der Waals surface area (Å²) in [6.07, 6.45) is 3.69. The Morgan fingerprint density at radius 1 is 1.31 bits per heavy atom. The van der Waals surface area contributed by atoms with E-state index < -0.39 is 0 Å². The minimum absolute atomic E-state index is 0. The van der Waals surface area contributed by atoms with E-state index in [1.807, 2.05) is 0 Å². The Morgan fingerprint density at radius 3 is 2.38 bits per heavy atom.